The Bertz CT molecular complexity index is 779. The third-order valence-electron chi connectivity index (χ3n) is 4.46. The fourth-order valence-corrected chi connectivity index (χ4v) is 3.78. The van der Waals surface area contributed by atoms with Crippen LogP contribution in [0.5, 0.6) is 0 Å². The molecule has 1 aromatic heterocycles. The van der Waals surface area contributed by atoms with E-state index in [1.807, 2.05) is 19.1 Å². The smallest absolute Gasteiger partial charge is 0.227 e. The number of benzene rings is 1. The molecule has 2 rings (SSSR count). The molecule has 0 atom stereocenters. The Hall–Kier alpha value is -1.99. The summed E-state index contributed by atoms with van der Waals surface area (Å²) in [5, 5.41) is 12.8. The van der Waals surface area contributed by atoms with Crippen molar-refractivity contribution in [3.8, 4) is 10.6 Å². The summed E-state index contributed by atoms with van der Waals surface area (Å²) in [5.74, 6) is -0.0274. The molecule has 2 amide bonds. The van der Waals surface area contributed by atoms with Crippen LogP contribution in [0.15, 0.2) is 24.3 Å². The fraction of sp³-hybridized carbons (Fsp3) is 0.524. The third kappa shape index (κ3) is 8.11. The van der Waals surface area contributed by atoms with Crippen LogP contribution in [0.4, 0.5) is 5.13 Å². The molecule has 0 spiro atoms. The summed E-state index contributed by atoms with van der Waals surface area (Å²) in [5.41, 5.74) is 0.898. The zero-order valence-corrected chi connectivity index (χ0v) is 18.7. The Balaban J connectivity index is 1.82. The lowest BCUT2D eigenvalue weighted by atomic mass is 10.1. The molecule has 0 aliphatic rings. The molecular weight excluding hydrogens is 408 g/mol. The Morgan fingerprint density at radius 2 is 1.76 bits per heavy atom. The lowest BCUT2D eigenvalue weighted by Crippen LogP contribution is -2.34. The number of anilines is 1. The maximum Gasteiger partial charge on any atom is 0.227 e. The fourth-order valence-electron chi connectivity index (χ4n) is 2.89. The maximum atomic E-state index is 12.4. The third-order valence-corrected chi connectivity index (χ3v) is 5.60. The molecule has 1 N–H and O–H groups in total. The number of amides is 2. The van der Waals surface area contributed by atoms with Crippen LogP contribution in [0.1, 0.15) is 58.8 Å². The zero-order chi connectivity index (χ0) is 21.1. The molecular formula is C21H29ClN4O2S. The van der Waals surface area contributed by atoms with E-state index in [2.05, 4.69) is 22.4 Å². The van der Waals surface area contributed by atoms with Gasteiger partial charge in [-0.2, -0.15) is 0 Å². The first kappa shape index (κ1) is 23.3. The van der Waals surface area contributed by atoms with Gasteiger partial charge in [-0.05, 0) is 25.0 Å². The lowest BCUT2D eigenvalue weighted by molar-refractivity contribution is -0.131. The van der Waals surface area contributed by atoms with Crippen molar-refractivity contribution in [1.29, 1.82) is 0 Å². The molecule has 1 aromatic carbocycles. The Morgan fingerprint density at radius 1 is 1.00 bits per heavy atom. The van der Waals surface area contributed by atoms with Gasteiger partial charge in [-0.3, -0.25) is 9.59 Å². The van der Waals surface area contributed by atoms with Gasteiger partial charge in [0, 0.05) is 36.5 Å². The molecule has 0 saturated carbocycles. The molecule has 0 radical (unpaired) electrons. The Morgan fingerprint density at radius 3 is 2.45 bits per heavy atom. The number of aromatic nitrogens is 2. The van der Waals surface area contributed by atoms with E-state index in [9.17, 15) is 9.59 Å². The van der Waals surface area contributed by atoms with Crippen LogP contribution < -0.4 is 5.32 Å². The van der Waals surface area contributed by atoms with Gasteiger partial charge in [0.1, 0.15) is 5.01 Å². The van der Waals surface area contributed by atoms with Gasteiger partial charge in [0.2, 0.25) is 16.9 Å². The van der Waals surface area contributed by atoms with Gasteiger partial charge >= 0.3 is 0 Å². The quantitative estimate of drug-likeness (QED) is 0.452. The number of rotatable bonds is 12. The van der Waals surface area contributed by atoms with E-state index in [0.717, 1.165) is 37.7 Å². The summed E-state index contributed by atoms with van der Waals surface area (Å²) in [6.07, 6.45) is 5.98. The van der Waals surface area contributed by atoms with Gasteiger partial charge in [0.25, 0.3) is 0 Å². The van der Waals surface area contributed by atoms with E-state index in [-0.39, 0.29) is 18.2 Å². The van der Waals surface area contributed by atoms with Crippen LogP contribution in [-0.4, -0.2) is 40.0 Å². The van der Waals surface area contributed by atoms with E-state index in [1.54, 1.807) is 17.0 Å². The summed E-state index contributed by atoms with van der Waals surface area (Å²) in [6, 6.07) is 7.31. The zero-order valence-electron chi connectivity index (χ0n) is 17.1. The SMILES string of the molecule is CCCCCCC(=O)N(CCC)CCC(=O)Nc1nnc(-c2ccc(Cl)cc2)s1. The summed E-state index contributed by atoms with van der Waals surface area (Å²) < 4.78 is 0. The Labute approximate surface area is 181 Å². The molecule has 2 aromatic rings. The number of unbranched alkanes of at least 4 members (excludes halogenated alkanes) is 3. The lowest BCUT2D eigenvalue weighted by Gasteiger charge is -2.21. The molecule has 0 fully saturated rings. The number of hydrogen-bond acceptors (Lipinski definition) is 5. The molecule has 29 heavy (non-hydrogen) atoms. The van der Waals surface area contributed by atoms with E-state index < -0.39 is 0 Å². The summed E-state index contributed by atoms with van der Waals surface area (Å²) >= 11 is 7.21. The normalized spacial score (nSPS) is 10.7. The van der Waals surface area contributed by atoms with Gasteiger partial charge in [-0.15, -0.1) is 10.2 Å². The van der Waals surface area contributed by atoms with Gasteiger partial charge in [0.05, 0.1) is 0 Å². The second-order valence-electron chi connectivity index (χ2n) is 6.91. The molecule has 158 valence electrons. The van der Waals surface area contributed by atoms with Crippen molar-refractivity contribution in [2.45, 2.75) is 58.8 Å². The van der Waals surface area contributed by atoms with Crippen LogP contribution >= 0.6 is 22.9 Å². The topological polar surface area (TPSA) is 75.2 Å². The minimum atomic E-state index is -0.163. The maximum absolute atomic E-state index is 12.4. The van der Waals surface area contributed by atoms with Crippen LogP contribution in [0.2, 0.25) is 5.02 Å². The largest absolute Gasteiger partial charge is 0.342 e. The average molecular weight is 437 g/mol. The van der Waals surface area contributed by atoms with E-state index in [0.29, 0.717) is 34.7 Å². The van der Waals surface area contributed by atoms with E-state index in [1.165, 1.54) is 11.3 Å². The van der Waals surface area contributed by atoms with Crippen LogP contribution in [0, 0.1) is 0 Å². The molecule has 0 aliphatic carbocycles. The standard InChI is InChI=1S/C21H29ClN4O2S/c1-3-5-6-7-8-19(28)26(14-4-2)15-13-18(27)23-21-25-24-20(29-21)16-9-11-17(22)12-10-16/h9-12H,3-8,13-15H2,1-2H3,(H,23,25,27). The first-order valence-corrected chi connectivity index (χ1v) is 11.4. The van der Waals surface area contributed by atoms with E-state index in [4.69, 9.17) is 11.6 Å². The van der Waals surface area contributed by atoms with Gasteiger partial charge in [-0.1, -0.05) is 68.2 Å². The summed E-state index contributed by atoms with van der Waals surface area (Å²) in [6.45, 7) is 5.30. The second-order valence-corrected chi connectivity index (χ2v) is 8.32. The van der Waals surface area contributed by atoms with Crippen LogP contribution in [0.25, 0.3) is 10.6 Å². The number of carbonyl (C=O) groups excluding carboxylic acids is 2. The van der Waals surface area contributed by atoms with Crippen LogP contribution in [0.3, 0.4) is 0 Å². The minimum absolute atomic E-state index is 0.136. The van der Waals surface area contributed by atoms with Gasteiger partial charge < -0.3 is 10.2 Å². The minimum Gasteiger partial charge on any atom is -0.342 e. The van der Waals surface area contributed by atoms with Crippen molar-refractivity contribution in [1.82, 2.24) is 15.1 Å². The summed E-state index contributed by atoms with van der Waals surface area (Å²) in [7, 11) is 0. The molecule has 1 heterocycles. The van der Waals surface area contributed by atoms with Crippen molar-refractivity contribution in [3.05, 3.63) is 29.3 Å². The Kier molecular flexibility index (Phi) is 10.1. The predicted molar refractivity (Wildman–Crippen MR) is 119 cm³/mol. The first-order valence-electron chi connectivity index (χ1n) is 10.2. The van der Waals surface area contributed by atoms with Crippen molar-refractivity contribution >= 4 is 39.9 Å². The summed E-state index contributed by atoms with van der Waals surface area (Å²) in [4.78, 5) is 26.5. The van der Waals surface area contributed by atoms with Gasteiger partial charge in [0.15, 0.2) is 0 Å². The van der Waals surface area contributed by atoms with Crippen molar-refractivity contribution in [2.24, 2.45) is 0 Å². The predicted octanol–water partition coefficient (Wildman–Crippen LogP) is 5.40. The molecule has 0 bridgehead atoms. The highest BCUT2D eigenvalue weighted by molar-refractivity contribution is 7.18. The molecule has 0 aliphatic heterocycles. The highest BCUT2D eigenvalue weighted by Crippen LogP contribution is 2.27. The van der Waals surface area contributed by atoms with Crippen molar-refractivity contribution in [3.63, 3.8) is 0 Å². The van der Waals surface area contributed by atoms with Crippen molar-refractivity contribution < 1.29 is 9.59 Å². The average Bonchev–Trinajstić information content (AvgIpc) is 3.17. The molecule has 8 heteroatoms. The number of halogens is 1. The van der Waals surface area contributed by atoms with Gasteiger partial charge in [-0.25, -0.2) is 0 Å². The number of nitrogens with one attached hydrogen (secondary N) is 1. The molecule has 0 saturated heterocycles. The monoisotopic (exact) mass is 436 g/mol. The van der Waals surface area contributed by atoms with E-state index >= 15 is 0 Å². The number of carbonyl (C=O) groups is 2. The van der Waals surface area contributed by atoms with Crippen molar-refractivity contribution in [2.75, 3.05) is 18.4 Å². The van der Waals surface area contributed by atoms with Crippen LogP contribution in [-0.2, 0) is 9.59 Å². The molecule has 0 unspecified atom stereocenters. The second kappa shape index (κ2) is 12.5. The molecule has 6 nitrogen and oxygen atoms in total. The first-order chi connectivity index (χ1) is 14.0. The number of hydrogen-bond donors (Lipinski definition) is 1. The highest BCUT2D eigenvalue weighted by atomic mass is 35.5. The number of nitrogens with zero attached hydrogens (tertiary/aromatic N) is 3. The highest BCUT2D eigenvalue weighted by Gasteiger charge is 2.15.